The van der Waals surface area contributed by atoms with Crippen LogP contribution in [0.5, 0.6) is 0 Å². The number of hydrogen-bond donors (Lipinski definition) is 1. The van der Waals surface area contributed by atoms with E-state index in [1.54, 1.807) is 11.3 Å². The topological polar surface area (TPSA) is 59.2 Å². The van der Waals surface area contributed by atoms with Crippen molar-refractivity contribution < 1.29 is 4.79 Å². The Morgan fingerprint density at radius 1 is 1.53 bits per heavy atom. The zero-order chi connectivity index (χ0) is 12.4. The molecule has 1 amide bonds. The maximum absolute atomic E-state index is 12.4. The van der Waals surface area contributed by atoms with Crippen LogP contribution in [0.2, 0.25) is 0 Å². The summed E-state index contributed by atoms with van der Waals surface area (Å²) in [4.78, 5) is 19.7. The van der Waals surface area contributed by atoms with Gasteiger partial charge >= 0.3 is 0 Å². The van der Waals surface area contributed by atoms with Crippen molar-refractivity contribution in [3.05, 3.63) is 15.6 Å². The highest BCUT2D eigenvalue weighted by Crippen LogP contribution is 2.22. The Kier molecular flexibility index (Phi) is 3.79. The van der Waals surface area contributed by atoms with Crippen molar-refractivity contribution in [1.82, 2.24) is 9.88 Å². The molecule has 0 saturated carbocycles. The Bertz CT molecular complexity index is 416. The maximum Gasteiger partial charge on any atom is 0.273 e. The summed E-state index contributed by atoms with van der Waals surface area (Å²) in [6.07, 6.45) is 3.26. The molecule has 1 saturated heterocycles. The summed E-state index contributed by atoms with van der Waals surface area (Å²) in [7, 11) is 0. The molecule has 5 heteroatoms. The Balaban J connectivity index is 2.21. The molecule has 2 N–H and O–H groups in total. The largest absolute Gasteiger partial charge is 0.333 e. The molecule has 1 aromatic rings. The molecular formula is C12H19N3OS. The lowest BCUT2D eigenvalue weighted by atomic mass is 10.0. The van der Waals surface area contributed by atoms with Crippen LogP contribution in [0.25, 0.3) is 0 Å². The SMILES string of the molecule is Cc1nc(C(=O)N2CCCC[C@@H]2CN)c(C)s1. The first-order valence-corrected chi connectivity index (χ1v) is 6.90. The van der Waals surface area contributed by atoms with E-state index in [1.807, 2.05) is 18.7 Å². The van der Waals surface area contributed by atoms with E-state index < -0.39 is 0 Å². The highest BCUT2D eigenvalue weighted by atomic mass is 32.1. The molecule has 94 valence electrons. The first-order chi connectivity index (χ1) is 8.13. The van der Waals surface area contributed by atoms with Gasteiger partial charge in [-0.05, 0) is 33.1 Å². The van der Waals surface area contributed by atoms with Crippen LogP contribution in [0.4, 0.5) is 0 Å². The third-order valence-corrected chi connectivity index (χ3v) is 4.15. The Labute approximate surface area is 106 Å². The highest BCUT2D eigenvalue weighted by molar-refractivity contribution is 7.11. The minimum absolute atomic E-state index is 0.0574. The van der Waals surface area contributed by atoms with Gasteiger partial charge in [0.15, 0.2) is 0 Å². The lowest BCUT2D eigenvalue weighted by Gasteiger charge is -2.34. The minimum Gasteiger partial charge on any atom is -0.333 e. The number of rotatable bonds is 2. The second-order valence-electron chi connectivity index (χ2n) is 4.52. The molecule has 1 aliphatic heterocycles. The fraction of sp³-hybridized carbons (Fsp3) is 0.667. The van der Waals surface area contributed by atoms with Crippen LogP contribution in [0.1, 0.15) is 39.6 Å². The Morgan fingerprint density at radius 2 is 2.29 bits per heavy atom. The molecule has 1 aliphatic rings. The van der Waals surface area contributed by atoms with Gasteiger partial charge in [-0.3, -0.25) is 4.79 Å². The molecule has 1 aromatic heterocycles. The third kappa shape index (κ3) is 2.50. The number of carbonyl (C=O) groups excluding carboxylic acids is 1. The van der Waals surface area contributed by atoms with Crippen molar-refractivity contribution in [2.75, 3.05) is 13.1 Å². The summed E-state index contributed by atoms with van der Waals surface area (Å²) >= 11 is 1.58. The van der Waals surface area contributed by atoms with Crippen LogP contribution in [0, 0.1) is 13.8 Å². The molecule has 0 aromatic carbocycles. The number of hydrogen-bond acceptors (Lipinski definition) is 4. The van der Waals surface area contributed by atoms with Gasteiger partial charge in [-0.15, -0.1) is 11.3 Å². The standard InChI is InChI=1S/C12H19N3OS/c1-8-11(14-9(2)17-8)12(16)15-6-4-3-5-10(15)7-13/h10H,3-7,13H2,1-2H3/t10-/m1/s1. The van der Waals surface area contributed by atoms with E-state index in [0.29, 0.717) is 12.2 Å². The molecule has 0 unspecified atom stereocenters. The van der Waals surface area contributed by atoms with Crippen molar-refractivity contribution >= 4 is 17.2 Å². The highest BCUT2D eigenvalue weighted by Gasteiger charge is 2.28. The molecule has 0 spiro atoms. The van der Waals surface area contributed by atoms with Crippen molar-refractivity contribution in [2.24, 2.45) is 5.73 Å². The number of aromatic nitrogens is 1. The van der Waals surface area contributed by atoms with Gasteiger partial charge in [-0.25, -0.2) is 4.98 Å². The fourth-order valence-corrected chi connectivity index (χ4v) is 3.19. The normalized spacial score (nSPS) is 20.6. The van der Waals surface area contributed by atoms with Gasteiger partial charge in [0, 0.05) is 24.0 Å². The van der Waals surface area contributed by atoms with Gasteiger partial charge in [0.2, 0.25) is 0 Å². The van der Waals surface area contributed by atoms with E-state index in [2.05, 4.69) is 4.98 Å². The van der Waals surface area contributed by atoms with Gasteiger partial charge in [-0.1, -0.05) is 0 Å². The quantitative estimate of drug-likeness (QED) is 0.873. The lowest BCUT2D eigenvalue weighted by Crippen LogP contribution is -2.47. The molecule has 2 rings (SSSR count). The summed E-state index contributed by atoms with van der Waals surface area (Å²) in [5, 5.41) is 0.951. The van der Waals surface area contributed by atoms with Crippen molar-refractivity contribution in [3.8, 4) is 0 Å². The Morgan fingerprint density at radius 3 is 2.88 bits per heavy atom. The second kappa shape index (κ2) is 5.14. The molecular weight excluding hydrogens is 234 g/mol. The van der Waals surface area contributed by atoms with Gasteiger partial charge in [0.05, 0.1) is 5.01 Å². The molecule has 2 heterocycles. The number of piperidine rings is 1. The smallest absolute Gasteiger partial charge is 0.273 e. The summed E-state index contributed by atoms with van der Waals surface area (Å²) in [6.45, 7) is 5.26. The van der Waals surface area contributed by atoms with Crippen LogP contribution < -0.4 is 5.73 Å². The molecule has 4 nitrogen and oxygen atoms in total. The lowest BCUT2D eigenvalue weighted by molar-refractivity contribution is 0.0617. The van der Waals surface area contributed by atoms with Crippen molar-refractivity contribution in [1.29, 1.82) is 0 Å². The average molecular weight is 253 g/mol. The van der Waals surface area contributed by atoms with Gasteiger partial charge in [-0.2, -0.15) is 0 Å². The zero-order valence-corrected chi connectivity index (χ0v) is 11.2. The van der Waals surface area contributed by atoms with E-state index >= 15 is 0 Å². The number of aryl methyl sites for hydroxylation is 2. The van der Waals surface area contributed by atoms with Crippen LogP contribution in [0.15, 0.2) is 0 Å². The predicted octanol–water partition coefficient (Wildman–Crippen LogP) is 1.71. The molecule has 0 aliphatic carbocycles. The van der Waals surface area contributed by atoms with Crippen LogP contribution in [-0.4, -0.2) is 34.9 Å². The van der Waals surface area contributed by atoms with Crippen molar-refractivity contribution in [3.63, 3.8) is 0 Å². The van der Waals surface area contributed by atoms with Gasteiger partial charge in [0.25, 0.3) is 5.91 Å². The van der Waals surface area contributed by atoms with E-state index in [-0.39, 0.29) is 11.9 Å². The van der Waals surface area contributed by atoms with E-state index in [4.69, 9.17) is 5.73 Å². The van der Waals surface area contributed by atoms with Crippen LogP contribution in [-0.2, 0) is 0 Å². The molecule has 17 heavy (non-hydrogen) atoms. The van der Waals surface area contributed by atoms with Gasteiger partial charge in [0.1, 0.15) is 5.69 Å². The van der Waals surface area contributed by atoms with E-state index in [0.717, 1.165) is 29.3 Å². The number of carbonyl (C=O) groups is 1. The first kappa shape index (κ1) is 12.5. The summed E-state index contributed by atoms with van der Waals surface area (Å²) in [6, 6.07) is 0.192. The molecule has 1 fully saturated rings. The van der Waals surface area contributed by atoms with Crippen LogP contribution >= 0.6 is 11.3 Å². The first-order valence-electron chi connectivity index (χ1n) is 6.08. The number of nitrogens with zero attached hydrogens (tertiary/aromatic N) is 2. The predicted molar refractivity (Wildman–Crippen MR) is 69.3 cm³/mol. The number of likely N-dealkylation sites (tertiary alicyclic amines) is 1. The maximum atomic E-state index is 12.4. The summed E-state index contributed by atoms with van der Waals surface area (Å²) in [5.74, 6) is 0.0574. The van der Waals surface area contributed by atoms with Gasteiger partial charge < -0.3 is 10.6 Å². The van der Waals surface area contributed by atoms with E-state index in [1.165, 1.54) is 6.42 Å². The van der Waals surface area contributed by atoms with Crippen LogP contribution in [0.3, 0.4) is 0 Å². The molecule has 1 atom stereocenters. The second-order valence-corrected chi connectivity index (χ2v) is 5.93. The third-order valence-electron chi connectivity index (χ3n) is 3.27. The average Bonchev–Trinajstić information content (AvgIpc) is 2.67. The number of thiazole rings is 1. The van der Waals surface area contributed by atoms with Crippen molar-refractivity contribution in [2.45, 2.75) is 39.2 Å². The monoisotopic (exact) mass is 253 g/mol. The summed E-state index contributed by atoms with van der Waals surface area (Å²) < 4.78 is 0. The fourth-order valence-electron chi connectivity index (χ4n) is 2.38. The zero-order valence-electron chi connectivity index (χ0n) is 10.4. The van der Waals surface area contributed by atoms with E-state index in [9.17, 15) is 4.79 Å². The number of amides is 1. The summed E-state index contributed by atoms with van der Waals surface area (Å²) in [5.41, 5.74) is 6.36. The molecule has 0 radical (unpaired) electrons. The number of nitrogens with two attached hydrogens (primary N) is 1. The Hall–Kier alpha value is -0.940. The molecule has 0 bridgehead atoms. The minimum atomic E-state index is 0.0574.